The van der Waals surface area contributed by atoms with Crippen LogP contribution in [-0.4, -0.2) is 63.8 Å². The van der Waals surface area contributed by atoms with Crippen LogP contribution >= 0.6 is 0 Å². The SMILES string of the molecule is OC[C@@H]1O[C@H](OC2CCCCC2)[C@H](O)[C@H](O)[C@@H]1O. The van der Waals surface area contributed by atoms with E-state index in [-0.39, 0.29) is 6.10 Å². The van der Waals surface area contributed by atoms with Crippen molar-refractivity contribution in [3.63, 3.8) is 0 Å². The van der Waals surface area contributed by atoms with E-state index in [1.807, 2.05) is 0 Å². The molecule has 0 amide bonds. The number of rotatable bonds is 3. The van der Waals surface area contributed by atoms with E-state index in [1.54, 1.807) is 0 Å². The molecule has 0 aromatic heterocycles. The van der Waals surface area contributed by atoms with Gasteiger partial charge < -0.3 is 29.9 Å². The van der Waals surface area contributed by atoms with E-state index < -0.39 is 37.3 Å². The third kappa shape index (κ3) is 3.01. The summed E-state index contributed by atoms with van der Waals surface area (Å²) in [7, 11) is 0. The highest BCUT2D eigenvalue weighted by molar-refractivity contribution is 4.89. The van der Waals surface area contributed by atoms with Crippen molar-refractivity contribution in [2.45, 2.75) is 68.9 Å². The smallest absolute Gasteiger partial charge is 0.186 e. The molecule has 5 atom stereocenters. The summed E-state index contributed by atoms with van der Waals surface area (Å²) in [5.74, 6) is 0. The molecular weight excluding hydrogens is 240 g/mol. The minimum Gasteiger partial charge on any atom is -0.394 e. The lowest BCUT2D eigenvalue weighted by Crippen LogP contribution is -2.59. The van der Waals surface area contributed by atoms with Gasteiger partial charge in [-0.15, -0.1) is 0 Å². The van der Waals surface area contributed by atoms with E-state index in [1.165, 1.54) is 6.42 Å². The number of aliphatic hydroxyl groups is 4. The zero-order valence-corrected chi connectivity index (χ0v) is 10.3. The van der Waals surface area contributed by atoms with Gasteiger partial charge in [-0.2, -0.15) is 0 Å². The third-order valence-corrected chi connectivity index (χ3v) is 3.73. The van der Waals surface area contributed by atoms with Crippen LogP contribution in [0.2, 0.25) is 0 Å². The molecule has 1 saturated carbocycles. The molecule has 2 rings (SSSR count). The molecule has 1 aliphatic heterocycles. The van der Waals surface area contributed by atoms with Gasteiger partial charge >= 0.3 is 0 Å². The molecule has 1 aliphatic carbocycles. The second kappa shape index (κ2) is 6.27. The molecule has 6 nitrogen and oxygen atoms in total. The first-order chi connectivity index (χ1) is 8.63. The third-order valence-electron chi connectivity index (χ3n) is 3.73. The van der Waals surface area contributed by atoms with Crippen LogP contribution in [0.5, 0.6) is 0 Å². The normalized spacial score (nSPS) is 43.0. The molecule has 18 heavy (non-hydrogen) atoms. The first-order valence-electron chi connectivity index (χ1n) is 6.59. The number of aliphatic hydroxyl groups excluding tert-OH is 4. The molecule has 0 aromatic carbocycles. The molecule has 6 heteroatoms. The Hall–Kier alpha value is -0.240. The molecule has 4 N–H and O–H groups in total. The van der Waals surface area contributed by atoms with Crippen LogP contribution in [0.15, 0.2) is 0 Å². The number of ether oxygens (including phenoxy) is 2. The van der Waals surface area contributed by atoms with Crippen molar-refractivity contribution in [1.82, 2.24) is 0 Å². The van der Waals surface area contributed by atoms with E-state index in [0.717, 1.165) is 25.7 Å². The average molecular weight is 262 g/mol. The quantitative estimate of drug-likeness (QED) is 0.528. The molecule has 1 saturated heterocycles. The summed E-state index contributed by atoms with van der Waals surface area (Å²) in [5.41, 5.74) is 0. The molecule has 0 aromatic rings. The lowest BCUT2D eigenvalue weighted by atomic mass is 9.96. The Kier molecular flexibility index (Phi) is 4.94. The van der Waals surface area contributed by atoms with Crippen LogP contribution in [0.25, 0.3) is 0 Å². The molecule has 0 bridgehead atoms. The Morgan fingerprint density at radius 1 is 0.944 bits per heavy atom. The highest BCUT2D eigenvalue weighted by Crippen LogP contribution is 2.27. The maximum atomic E-state index is 9.81. The Morgan fingerprint density at radius 3 is 2.22 bits per heavy atom. The van der Waals surface area contributed by atoms with Gasteiger partial charge in [0.25, 0.3) is 0 Å². The summed E-state index contributed by atoms with van der Waals surface area (Å²) in [5, 5.41) is 38.1. The zero-order valence-electron chi connectivity index (χ0n) is 10.3. The van der Waals surface area contributed by atoms with Crippen LogP contribution in [-0.2, 0) is 9.47 Å². The fourth-order valence-electron chi connectivity index (χ4n) is 2.57. The summed E-state index contributed by atoms with van der Waals surface area (Å²) in [6.07, 6.45) is -0.644. The van der Waals surface area contributed by atoms with Crippen LogP contribution < -0.4 is 0 Å². The molecular formula is C12H22O6. The Morgan fingerprint density at radius 2 is 1.61 bits per heavy atom. The molecule has 106 valence electrons. The summed E-state index contributed by atoms with van der Waals surface area (Å²) in [6, 6.07) is 0. The van der Waals surface area contributed by atoms with Crippen molar-refractivity contribution >= 4 is 0 Å². The van der Waals surface area contributed by atoms with E-state index in [0.29, 0.717) is 0 Å². The average Bonchev–Trinajstić information content (AvgIpc) is 2.40. The van der Waals surface area contributed by atoms with E-state index in [2.05, 4.69) is 0 Å². The monoisotopic (exact) mass is 262 g/mol. The van der Waals surface area contributed by atoms with Gasteiger partial charge in [-0.05, 0) is 12.8 Å². The molecule has 2 fully saturated rings. The minimum atomic E-state index is -1.36. The predicted octanol–water partition coefficient (Wildman–Crippen LogP) is -0.864. The van der Waals surface area contributed by atoms with Crippen molar-refractivity contribution in [2.24, 2.45) is 0 Å². The lowest BCUT2D eigenvalue weighted by Gasteiger charge is -2.41. The molecule has 2 aliphatic rings. The fraction of sp³-hybridized carbons (Fsp3) is 1.00. The zero-order chi connectivity index (χ0) is 13.1. The van der Waals surface area contributed by atoms with Gasteiger partial charge in [0.05, 0.1) is 12.7 Å². The summed E-state index contributed by atoms with van der Waals surface area (Å²) in [6.45, 7) is -0.421. The molecule has 1 heterocycles. The van der Waals surface area contributed by atoms with E-state index in [9.17, 15) is 15.3 Å². The minimum absolute atomic E-state index is 0.0141. The topological polar surface area (TPSA) is 99.4 Å². The first kappa shape index (κ1) is 14.2. The van der Waals surface area contributed by atoms with Crippen molar-refractivity contribution < 1.29 is 29.9 Å². The van der Waals surface area contributed by atoms with Gasteiger partial charge in [0, 0.05) is 0 Å². The van der Waals surface area contributed by atoms with Crippen LogP contribution in [0, 0.1) is 0 Å². The number of hydrogen-bond acceptors (Lipinski definition) is 6. The summed E-state index contributed by atoms with van der Waals surface area (Å²) in [4.78, 5) is 0. The highest BCUT2D eigenvalue weighted by atomic mass is 16.7. The van der Waals surface area contributed by atoms with Gasteiger partial charge in [0.2, 0.25) is 0 Å². The molecule has 0 unspecified atom stereocenters. The van der Waals surface area contributed by atoms with Gasteiger partial charge in [-0.1, -0.05) is 19.3 Å². The van der Waals surface area contributed by atoms with Crippen molar-refractivity contribution in [2.75, 3.05) is 6.61 Å². The van der Waals surface area contributed by atoms with Crippen molar-refractivity contribution in [3.05, 3.63) is 0 Å². The van der Waals surface area contributed by atoms with E-state index >= 15 is 0 Å². The maximum absolute atomic E-state index is 9.81. The van der Waals surface area contributed by atoms with Crippen molar-refractivity contribution in [1.29, 1.82) is 0 Å². The van der Waals surface area contributed by atoms with Gasteiger partial charge in [-0.25, -0.2) is 0 Å². The van der Waals surface area contributed by atoms with Gasteiger partial charge in [0.1, 0.15) is 24.4 Å². The summed E-state index contributed by atoms with van der Waals surface area (Å²) < 4.78 is 10.9. The Bertz CT molecular complexity index is 253. The Labute approximate surface area is 106 Å². The largest absolute Gasteiger partial charge is 0.394 e. The standard InChI is InChI=1S/C12H22O6/c13-6-8-9(14)10(15)11(16)12(18-8)17-7-4-2-1-3-5-7/h7-16H,1-6H2/t8-,9+,10+,11+,12-/m0/s1. The number of hydrogen-bond donors (Lipinski definition) is 4. The second-order valence-corrected chi connectivity index (χ2v) is 5.09. The summed E-state index contributed by atoms with van der Waals surface area (Å²) >= 11 is 0. The lowest BCUT2D eigenvalue weighted by molar-refractivity contribution is -0.312. The first-order valence-corrected chi connectivity index (χ1v) is 6.59. The van der Waals surface area contributed by atoms with Crippen molar-refractivity contribution in [3.8, 4) is 0 Å². The Balaban J connectivity index is 1.93. The predicted molar refractivity (Wildman–Crippen MR) is 61.7 cm³/mol. The van der Waals surface area contributed by atoms with Gasteiger partial charge in [-0.3, -0.25) is 0 Å². The molecule has 0 radical (unpaired) electrons. The second-order valence-electron chi connectivity index (χ2n) is 5.09. The van der Waals surface area contributed by atoms with Crippen LogP contribution in [0.4, 0.5) is 0 Å². The molecule has 0 spiro atoms. The highest BCUT2D eigenvalue weighted by Gasteiger charge is 2.44. The maximum Gasteiger partial charge on any atom is 0.186 e. The van der Waals surface area contributed by atoms with Crippen LogP contribution in [0.3, 0.4) is 0 Å². The van der Waals surface area contributed by atoms with Gasteiger partial charge in [0.15, 0.2) is 6.29 Å². The fourth-order valence-corrected chi connectivity index (χ4v) is 2.57. The van der Waals surface area contributed by atoms with E-state index in [4.69, 9.17) is 14.6 Å². The van der Waals surface area contributed by atoms with Crippen LogP contribution in [0.1, 0.15) is 32.1 Å².